The van der Waals surface area contributed by atoms with Gasteiger partial charge in [0.15, 0.2) is 0 Å². The van der Waals surface area contributed by atoms with Crippen molar-refractivity contribution in [3.63, 3.8) is 0 Å². The molecule has 0 spiro atoms. The molecule has 2 fully saturated rings. The monoisotopic (exact) mass is 482 g/mol. The molecular formula is C31H46O4. The second-order valence-corrected chi connectivity index (χ2v) is 10.7. The van der Waals surface area contributed by atoms with Crippen LogP contribution >= 0.6 is 0 Å². The first-order chi connectivity index (χ1) is 17.1. The van der Waals surface area contributed by atoms with Crippen molar-refractivity contribution in [3.05, 3.63) is 48.0 Å². The smallest absolute Gasteiger partial charge is 0.338 e. The first kappa shape index (κ1) is 27.5. The fourth-order valence-electron chi connectivity index (χ4n) is 6.08. The zero-order chi connectivity index (χ0) is 24.9. The lowest BCUT2D eigenvalue weighted by Crippen LogP contribution is -2.29. The highest BCUT2D eigenvalue weighted by Crippen LogP contribution is 2.41. The van der Waals surface area contributed by atoms with Crippen molar-refractivity contribution in [2.45, 2.75) is 109 Å². The molecule has 1 aromatic carbocycles. The lowest BCUT2D eigenvalue weighted by Gasteiger charge is -2.37. The summed E-state index contributed by atoms with van der Waals surface area (Å²) in [4.78, 5) is 23.7. The normalized spacial score (nSPS) is 24.5. The summed E-state index contributed by atoms with van der Waals surface area (Å²) in [5.74, 6) is 2.20. The van der Waals surface area contributed by atoms with E-state index in [1.807, 2.05) is 24.3 Å². The Morgan fingerprint density at radius 3 is 2.14 bits per heavy atom. The van der Waals surface area contributed by atoms with Gasteiger partial charge in [0, 0.05) is 6.08 Å². The molecule has 0 saturated heterocycles. The molecule has 3 rings (SSSR count). The average molecular weight is 483 g/mol. The third kappa shape index (κ3) is 9.46. The van der Waals surface area contributed by atoms with E-state index in [0.29, 0.717) is 12.2 Å². The Labute approximate surface area is 212 Å². The highest BCUT2D eigenvalue weighted by Gasteiger charge is 2.31. The summed E-state index contributed by atoms with van der Waals surface area (Å²) in [5, 5.41) is 0. The lowest BCUT2D eigenvalue weighted by molar-refractivity contribution is -0.137. The van der Waals surface area contributed by atoms with Gasteiger partial charge in [-0.3, -0.25) is 0 Å². The summed E-state index contributed by atoms with van der Waals surface area (Å²) in [5.41, 5.74) is 1.91. The number of carbonyl (C=O) groups excluding carboxylic acids is 2. The van der Waals surface area contributed by atoms with Crippen LogP contribution in [0, 0.1) is 17.8 Å². The van der Waals surface area contributed by atoms with Crippen LogP contribution in [-0.2, 0) is 20.7 Å². The van der Waals surface area contributed by atoms with Crippen LogP contribution in [0.15, 0.2) is 36.9 Å². The Balaban J connectivity index is 1.29. The maximum atomic E-state index is 12.7. The maximum absolute atomic E-state index is 12.7. The van der Waals surface area contributed by atoms with E-state index in [9.17, 15) is 9.59 Å². The maximum Gasteiger partial charge on any atom is 0.338 e. The molecule has 0 aliphatic heterocycles. The third-order valence-corrected chi connectivity index (χ3v) is 8.21. The minimum atomic E-state index is -0.351. The molecule has 0 atom stereocenters. The van der Waals surface area contributed by atoms with Gasteiger partial charge in [-0.2, -0.15) is 0 Å². The van der Waals surface area contributed by atoms with Crippen molar-refractivity contribution in [1.29, 1.82) is 0 Å². The van der Waals surface area contributed by atoms with E-state index in [2.05, 4.69) is 13.5 Å². The molecule has 4 nitrogen and oxygen atoms in total. The number of rotatable bonds is 13. The van der Waals surface area contributed by atoms with Crippen LogP contribution in [0.1, 0.15) is 113 Å². The lowest BCUT2D eigenvalue weighted by atomic mass is 9.70. The summed E-state index contributed by atoms with van der Waals surface area (Å²) >= 11 is 0. The molecule has 4 heteroatoms. The Hall–Kier alpha value is -2.10. The van der Waals surface area contributed by atoms with Crippen LogP contribution in [0.5, 0.6) is 0 Å². The predicted molar refractivity (Wildman–Crippen MR) is 141 cm³/mol. The number of aryl methyl sites for hydroxylation is 1. The van der Waals surface area contributed by atoms with E-state index in [-0.39, 0.29) is 18.0 Å². The average Bonchev–Trinajstić information content (AvgIpc) is 2.89. The third-order valence-electron chi connectivity index (χ3n) is 8.21. The van der Waals surface area contributed by atoms with Crippen molar-refractivity contribution in [1.82, 2.24) is 0 Å². The number of benzene rings is 1. The predicted octanol–water partition coefficient (Wildman–Crippen LogP) is 7.84. The van der Waals surface area contributed by atoms with Crippen LogP contribution in [0.4, 0.5) is 0 Å². The summed E-state index contributed by atoms with van der Waals surface area (Å²) in [7, 11) is 0. The number of ether oxygens (including phenoxy) is 2. The van der Waals surface area contributed by atoms with Gasteiger partial charge in [-0.05, 0) is 93.2 Å². The van der Waals surface area contributed by atoms with Crippen molar-refractivity contribution < 1.29 is 19.1 Å². The van der Waals surface area contributed by atoms with Gasteiger partial charge in [0.25, 0.3) is 0 Å². The van der Waals surface area contributed by atoms with Crippen molar-refractivity contribution in [2.24, 2.45) is 17.8 Å². The van der Waals surface area contributed by atoms with Crippen molar-refractivity contribution in [2.75, 3.05) is 6.61 Å². The topological polar surface area (TPSA) is 52.6 Å². The highest BCUT2D eigenvalue weighted by atomic mass is 16.5. The van der Waals surface area contributed by atoms with E-state index in [0.717, 1.165) is 62.7 Å². The van der Waals surface area contributed by atoms with Gasteiger partial charge in [0.1, 0.15) is 6.10 Å². The van der Waals surface area contributed by atoms with Crippen LogP contribution in [0.3, 0.4) is 0 Å². The summed E-state index contributed by atoms with van der Waals surface area (Å²) in [6.07, 6.45) is 19.3. The van der Waals surface area contributed by atoms with Crippen LogP contribution in [-0.4, -0.2) is 24.6 Å². The largest absolute Gasteiger partial charge is 0.463 e. The van der Waals surface area contributed by atoms with Crippen LogP contribution < -0.4 is 0 Å². The Bertz CT molecular complexity index is 768. The first-order valence-corrected chi connectivity index (χ1v) is 14.2. The molecule has 0 aromatic heterocycles. The number of carbonyl (C=O) groups is 2. The van der Waals surface area contributed by atoms with E-state index in [1.54, 1.807) is 0 Å². The molecule has 0 unspecified atom stereocenters. The second-order valence-electron chi connectivity index (χ2n) is 10.7. The Kier molecular flexibility index (Phi) is 11.9. The molecule has 194 valence electrons. The van der Waals surface area contributed by atoms with Gasteiger partial charge in [0.2, 0.25) is 0 Å². The molecule has 35 heavy (non-hydrogen) atoms. The molecule has 2 saturated carbocycles. The number of unbranched alkanes of at least 4 members (excludes halogenated alkanes) is 3. The molecule has 1 aromatic rings. The molecule has 0 bridgehead atoms. The zero-order valence-electron chi connectivity index (χ0n) is 21.8. The number of esters is 2. The highest BCUT2D eigenvalue weighted by molar-refractivity contribution is 5.89. The summed E-state index contributed by atoms with van der Waals surface area (Å²) in [6, 6.07) is 7.92. The van der Waals surface area contributed by atoms with E-state index < -0.39 is 0 Å². The van der Waals surface area contributed by atoms with E-state index >= 15 is 0 Å². The van der Waals surface area contributed by atoms with Crippen LogP contribution in [0.2, 0.25) is 0 Å². The quantitative estimate of drug-likeness (QED) is 0.163. The van der Waals surface area contributed by atoms with Gasteiger partial charge in [-0.15, -0.1) is 0 Å². The van der Waals surface area contributed by atoms with Crippen molar-refractivity contribution >= 4 is 11.9 Å². The van der Waals surface area contributed by atoms with E-state index in [4.69, 9.17) is 9.47 Å². The Morgan fingerprint density at radius 1 is 0.886 bits per heavy atom. The van der Waals surface area contributed by atoms with Gasteiger partial charge >= 0.3 is 11.9 Å². The molecule has 2 aliphatic carbocycles. The minimum Gasteiger partial charge on any atom is -0.463 e. The summed E-state index contributed by atoms with van der Waals surface area (Å²) in [6.45, 7) is 6.16. The molecular weight excluding hydrogens is 436 g/mol. The van der Waals surface area contributed by atoms with Gasteiger partial charge in [0.05, 0.1) is 12.2 Å². The van der Waals surface area contributed by atoms with Gasteiger partial charge in [-0.1, -0.05) is 64.2 Å². The zero-order valence-corrected chi connectivity index (χ0v) is 21.8. The summed E-state index contributed by atoms with van der Waals surface area (Å²) < 4.78 is 10.9. The fraction of sp³-hybridized carbons (Fsp3) is 0.677. The number of hydrogen-bond acceptors (Lipinski definition) is 4. The second kappa shape index (κ2) is 15.1. The van der Waals surface area contributed by atoms with Crippen molar-refractivity contribution in [3.8, 4) is 0 Å². The standard InChI is InChI=1S/C31H46O4/c1-3-9-24-11-15-26(16-12-24)27-19-21-29(22-20-27)35-31(33)28-17-13-25(14-18-28)10-7-5-6-8-23-34-30(32)4-2/h4,13-14,17-18,24,26-27,29H,2-3,5-12,15-16,19-23H2,1H3. The molecule has 2 aliphatic rings. The first-order valence-electron chi connectivity index (χ1n) is 14.2. The van der Waals surface area contributed by atoms with Gasteiger partial charge in [-0.25, -0.2) is 9.59 Å². The molecule has 0 amide bonds. The van der Waals surface area contributed by atoms with Gasteiger partial charge < -0.3 is 9.47 Å². The van der Waals surface area contributed by atoms with E-state index in [1.165, 1.54) is 63.0 Å². The fourth-order valence-corrected chi connectivity index (χ4v) is 6.08. The minimum absolute atomic E-state index is 0.0839. The molecule has 0 heterocycles. The van der Waals surface area contributed by atoms with Crippen LogP contribution in [0.25, 0.3) is 0 Å². The number of hydrogen-bond donors (Lipinski definition) is 0. The Morgan fingerprint density at radius 2 is 1.51 bits per heavy atom. The molecule has 0 N–H and O–H groups in total. The molecule has 0 radical (unpaired) electrons. The SMILES string of the molecule is C=CC(=O)OCCCCCCc1ccc(C(=O)OC2CCC(C3CCC(CCC)CC3)CC2)cc1.